The largest absolute Gasteiger partial charge is 0.462 e. The second kappa shape index (κ2) is 7.92. The van der Waals surface area contributed by atoms with E-state index in [2.05, 4.69) is 10.6 Å². The number of amides is 2. The summed E-state index contributed by atoms with van der Waals surface area (Å²) in [5, 5.41) is 5.39. The molecule has 2 amide bonds. The third-order valence-electron chi connectivity index (χ3n) is 3.88. The van der Waals surface area contributed by atoms with Gasteiger partial charge in [0.1, 0.15) is 5.41 Å². The fourth-order valence-electron chi connectivity index (χ4n) is 2.34. The molecule has 1 aromatic rings. The quantitative estimate of drug-likeness (QED) is 0.425. The zero-order valence-electron chi connectivity index (χ0n) is 13.9. The molecule has 0 saturated heterocycles. The summed E-state index contributed by atoms with van der Waals surface area (Å²) in [5.41, 5.74) is -0.449. The Bertz CT molecular complexity index is 625. The molecule has 130 valence electrons. The van der Waals surface area contributed by atoms with Crippen molar-refractivity contribution in [1.82, 2.24) is 5.32 Å². The maximum atomic E-state index is 12.5. The highest BCUT2D eigenvalue weighted by Gasteiger charge is 2.56. The summed E-state index contributed by atoms with van der Waals surface area (Å²) >= 11 is 0. The first kappa shape index (κ1) is 17.9. The van der Waals surface area contributed by atoms with Crippen LogP contribution in [-0.2, 0) is 19.1 Å². The van der Waals surface area contributed by atoms with E-state index in [1.165, 1.54) is 7.11 Å². The van der Waals surface area contributed by atoms with E-state index in [9.17, 15) is 14.4 Å². The van der Waals surface area contributed by atoms with Crippen LogP contribution in [0.2, 0.25) is 0 Å². The van der Waals surface area contributed by atoms with Gasteiger partial charge in [-0.05, 0) is 31.9 Å². The summed E-state index contributed by atoms with van der Waals surface area (Å²) in [7, 11) is 1.54. The standard InChI is InChI=1S/C17H22N2O5/c1-3-24-14(20)12-6-4-5-7-13(12)19-16(22)17(8-9-17)15(21)18-10-11-23-2/h4-7H,3,8-11H2,1-2H3,(H,18,21)(H,19,22). The summed E-state index contributed by atoms with van der Waals surface area (Å²) in [5.74, 6) is -1.23. The lowest BCUT2D eigenvalue weighted by Crippen LogP contribution is -2.41. The number of benzene rings is 1. The zero-order valence-corrected chi connectivity index (χ0v) is 13.9. The van der Waals surface area contributed by atoms with Crippen molar-refractivity contribution in [2.75, 3.05) is 32.2 Å². The number of carbonyl (C=O) groups is 3. The molecule has 1 aliphatic rings. The minimum Gasteiger partial charge on any atom is -0.462 e. The van der Waals surface area contributed by atoms with Crippen molar-refractivity contribution in [2.24, 2.45) is 5.41 Å². The number of hydrogen-bond donors (Lipinski definition) is 2. The Kier molecular flexibility index (Phi) is 5.92. The number of methoxy groups -OCH3 is 1. The molecule has 0 atom stereocenters. The van der Waals surface area contributed by atoms with Crippen molar-refractivity contribution in [1.29, 1.82) is 0 Å². The molecule has 1 fully saturated rings. The van der Waals surface area contributed by atoms with E-state index >= 15 is 0 Å². The van der Waals surface area contributed by atoms with Crippen LogP contribution in [-0.4, -0.2) is 44.7 Å². The minimum absolute atomic E-state index is 0.243. The Morgan fingerprint density at radius 3 is 2.50 bits per heavy atom. The number of hydrogen-bond acceptors (Lipinski definition) is 5. The first-order chi connectivity index (χ1) is 11.5. The number of nitrogens with one attached hydrogen (secondary N) is 2. The van der Waals surface area contributed by atoms with Crippen molar-refractivity contribution in [3.8, 4) is 0 Å². The van der Waals surface area contributed by atoms with E-state index in [0.29, 0.717) is 31.7 Å². The molecule has 0 spiro atoms. The molecule has 0 aliphatic heterocycles. The van der Waals surface area contributed by atoms with Gasteiger partial charge >= 0.3 is 5.97 Å². The number of esters is 1. The molecule has 0 radical (unpaired) electrons. The van der Waals surface area contributed by atoms with E-state index in [4.69, 9.17) is 9.47 Å². The topological polar surface area (TPSA) is 93.7 Å². The highest BCUT2D eigenvalue weighted by atomic mass is 16.5. The maximum absolute atomic E-state index is 12.5. The summed E-state index contributed by atoms with van der Waals surface area (Å²) in [6, 6.07) is 6.58. The number of carbonyl (C=O) groups excluding carboxylic acids is 3. The molecular formula is C17H22N2O5. The normalized spacial score (nSPS) is 14.6. The van der Waals surface area contributed by atoms with Gasteiger partial charge in [-0.2, -0.15) is 0 Å². The van der Waals surface area contributed by atoms with Crippen LogP contribution in [0, 0.1) is 5.41 Å². The average Bonchev–Trinajstić information content (AvgIpc) is 3.37. The van der Waals surface area contributed by atoms with Gasteiger partial charge < -0.3 is 20.1 Å². The van der Waals surface area contributed by atoms with E-state index in [1.807, 2.05) is 0 Å². The summed E-state index contributed by atoms with van der Waals surface area (Å²) in [6.07, 6.45) is 0.971. The van der Waals surface area contributed by atoms with Gasteiger partial charge in [0.15, 0.2) is 0 Å². The summed E-state index contributed by atoms with van der Waals surface area (Å²) in [4.78, 5) is 36.7. The Labute approximate surface area is 140 Å². The van der Waals surface area contributed by atoms with Gasteiger partial charge in [0.2, 0.25) is 11.8 Å². The molecule has 0 heterocycles. The van der Waals surface area contributed by atoms with Crippen LogP contribution in [0.1, 0.15) is 30.1 Å². The molecule has 24 heavy (non-hydrogen) atoms. The Morgan fingerprint density at radius 1 is 1.17 bits per heavy atom. The molecule has 0 unspecified atom stereocenters. The molecule has 2 N–H and O–H groups in total. The Morgan fingerprint density at radius 2 is 1.88 bits per heavy atom. The molecule has 1 aliphatic carbocycles. The van der Waals surface area contributed by atoms with Crippen molar-refractivity contribution < 1.29 is 23.9 Å². The smallest absolute Gasteiger partial charge is 0.340 e. The van der Waals surface area contributed by atoms with E-state index < -0.39 is 17.3 Å². The van der Waals surface area contributed by atoms with Crippen molar-refractivity contribution >= 4 is 23.5 Å². The maximum Gasteiger partial charge on any atom is 0.340 e. The first-order valence-corrected chi connectivity index (χ1v) is 7.90. The molecule has 0 bridgehead atoms. The van der Waals surface area contributed by atoms with E-state index in [-0.39, 0.29) is 18.1 Å². The van der Waals surface area contributed by atoms with Gasteiger partial charge in [-0.15, -0.1) is 0 Å². The average molecular weight is 334 g/mol. The highest BCUT2D eigenvalue weighted by molar-refractivity contribution is 6.14. The third-order valence-corrected chi connectivity index (χ3v) is 3.88. The second-order valence-corrected chi connectivity index (χ2v) is 5.55. The van der Waals surface area contributed by atoms with Crippen LogP contribution in [0.4, 0.5) is 5.69 Å². The lowest BCUT2D eigenvalue weighted by Gasteiger charge is -2.16. The lowest BCUT2D eigenvalue weighted by atomic mass is 10.0. The molecule has 2 rings (SSSR count). The number of ether oxygens (including phenoxy) is 2. The Hall–Kier alpha value is -2.41. The van der Waals surface area contributed by atoms with E-state index in [1.54, 1.807) is 31.2 Å². The van der Waals surface area contributed by atoms with Gasteiger partial charge in [0.25, 0.3) is 0 Å². The van der Waals surface area contributed by atoms with Crippen LogP contribution < -0.4 is 10.6 Å². The Balaban J connectivity index is 2.07. The van der Waals surface area contributed by atoms with Crippen LogP contribution in [0.25, 0.3) is 0 Å². The number of anilines is 1. The monoisotopic (exact) mass is 334 g/mol. The first-order valence-electron chi connectivity index (χ1n) is 7.90. The molecule has 0 aromatic heterocycles. The summed E-state index contributed by atoms with van der Waals surface area (Å²) < 4.78 is 9.86. The van der Waals surface area contributed by atoms with E-state index in [0.717, 1.165) is 0 Å². The van der Waals surface area contributed by atoms with Gasteiger partial charge in [-0.1, -0.05) is 12.1 Å². The number of rotatable bonds is 8. The number of para-hydroxylation sites is 1. The minimum atomic E-state index is -1.06. The zero-order chi connectivity index (χ0) is 17.6. The van der Waals surface area contributed by atoms with Gasteiger partial charge in [0, 0.05) is 13.7 Å². The van der Waals surface area contributed by atoms with Crippen LogP contribution in [0.15, 0.2) is 24.3 Å². The van der Waals surface area contributed by atoms with Crippen LogP contribution in [0.3, 0.4) is 0 Å². The predicted molar refractivity (Wildman–Crippen MR) is 87.6 cm³/mol. The molecule has 1 saturated carbocycles. The SMILES string of the molecule is CCOC(=O)c1ccccc1NC(=O)C1(C(=O)NCCOC)CC1. The van der Waals surface area contributed by atoms with Gasteiger partial charge in [-0.3, -0.25) is 9.59 Å². The predicted octanol–water partition coefficient (Wildman–Crippen LogP) is 1.34. The summed E-state index contributed by atoms with van der Waals surface area (Å²) in [6.45, 7) is 2.69. The van der Waals surface area contributed by atoms with Crippen molar-refractivity contribution in [3.63, 3.8) is 0 Å². The third kappa shape index (κ3) is 3.91. The second-order valence-electron chi connectivity index (χ2n) is 5.55. The van der Waals surface area contributed by atoms with Crippen molar-refractivity contribution in [2.45, 2.75) is 19.8 Å². The van der Waals surface area contributed by atoms with Gasteiger partial charge in [-0.25, -0.2) is 4.79 Å². The van der Waals surface area contributed by atoms with Crippen LogP contribution >= 0.6 is 0 Å². The molecule has 7 heteroatoms. The molecule has 1 aromatic carbocycles. The lowest BCUT2D eigenvalue weighted by molar-refractivity contribution is -0.134. The van der Waals surface area contributed by atoms with Crippen molar-refractivity contribution in [3.05, 3.63) is 29.8 Å². The molecule has 7 nitrogen and oxygen atoms in total. The fourth-order valence-corrected chi connectivity index (χ4v) is 2.34. The molecular weight excluding hydrogens is 312 g/mol. The van der Waals surface area contributed by atoms with Crippen LogP contribution in [0.5, 0.6) is 0 Å². The fraction of sp³-hybridized carbons (Fsp3) is 0.471. The highest BCUT2D eigenvalue weighted by Crippen LogP contribution is 2.47. The van der Waals surface area contributed by atoms with Gasteiger partial charge in [0.05, 0.1) is 24.5 Å².